The number of rotatable bonds is 6. The van der Waals surface area contributed by atoms with Crippen molar-refractivity contribution in [2.75, 3.05) is 20.6 Å². The molecule has 21 heavy (non-hydrogen) atoms. The van der Waals surface area contributed by atoms with Crippen LogP contribution in [0.3, 0.4) is 0 Å². The first-order valence-corrected chi connectivity index (χ1v) is 8.05. The Kier molecular flexibility index (Phi) is 5.35. The van der Waals surface area contributed by atoms with Crippen molar-refractivity contribution in [1.82, 2.24) is 10.2 Å². The highest BCUT2D eigenvalue weighted by Crippen LogP contribution is 2.33. The van der Waals surface area contributed by atoms with Crippen molar-refractivity contribution in [1.29, 1.82) is 0 Å². The van der Waals surface area contributed by atoms with E-state index in [-0.39, 0.29) is 16.1 Å². The minimum absolute atomic E-state index is 0.169. The molecule has 0 amide bonds. The summed E-state index contributed by atoms with van der Waals surface area (Å²) < 4.78 is 0.735. The van der Waals surface area contributed by atoms with Crippen molar-refractivity contribution in [3.63, 3.8) is 0 Å². The molecule has 5 nitrogen and oxygen atoms in total. The van der Waals surface area contributed by atoms with E-state index in [4.69, 9.17) is 0 Å². The number of nitro benzene ring substituents is 1. The molecule has 1 aromatic carbocycles. The predicted molar refractivity (Wildman–Crippen MR) is 87.4 cm³/mol. The minimum atomic E-state index is -0.320. The molecule has 0 aliphatic heterocycles. The van der Waals surface area contributed by atoms with Crippen molar-refractivity contribution in [3.8, 4) is 0 Å². The van der Waals surface area contributed by atoms with Crippen LogP contribution in [0.25, 0.3) is 0 Å². The average Bonchev–Trinajstić information content (AvgIpc) is 2.90. The van der Waals surface area contributed by atoms with E-state index >= 15 is 0 Å². The van der Waals surface area contributed by atoms with Crippen LogP contribution >= 0.6 is 15.9 Å². The van der Waals surface area contributed by atoms with Crippen molar-refractivity contribution < 1.29 is 4.92 Å². The molecule has 0 saturated heterocycles. The average molecular weight is 356 g/mol. The summed E-state index contributed by atoms with van der Waals surface area (Å²) in [7, 11) is 4.24. The van der Waals surface area contributed by atoms with Gasteiger partial charge in [0, 0.05) is 34.7 Å². The Morgan fingerprint density at radius 1 is 1.38 bits per heavy atom. The molecule has 0 heterocycles. The van der Waals surface area contributed by atoms with Gasteiger partial charge in [-0.15, -0.1) is 0 Å². The lowest BCUT2D eigenvalue weighted by Gasteiger charge is -2.36. The summed E-state index contributed by atoms with van der Waals surface area (Å²) in [6, 6.07) is 5.22. The maximum Gasteiger partial charge on any atom is 0.275 e. The number of nitro groups is 1. The first-order valence-electron chi connectivity index (χ1n) is 7.26. The number of benzene rings is 1. The van der Waals surface area contributed by atoms with Crippen molar-refractivity contribution in [2.24, 2.45) is 0 Å². The van der Waals surface area contributed by atoms with Crippen molar-refractivity contribution in [2.45, 2.75) is 37.8 Å². The molecule has 0 atom stereocenters. The first kappa shape index (κ1) is 16.4. The predicted octanol–water partition coefficient (Wildman–Crippen LogP) is 3.32. The number of likely N-dealkylation sites (N-methyl/N-ethyl adjacent to an activating group) is 1. The molecular weight excluding hydrogens is 334 g/mol. The van der Waals surface area contributed by atoms with Crippen LogP contribution < -0.4 is 5.32 Å². The number of hydrogen-bond acceptors (Lipinski definition) is 4. The molecule has 1 N–H and O–H groups in total. The maximum atomic E-state index is 11.1. The molecule has 0 bridgehead atoms. The van der Waals surface area contributed by atoms with E-state index in [1.807, 2.05) is 12.1 Å². The van der Waals surface area contributed by atoms with E-state index in [2.05, 4.69) is 40.2 Å². The molecule has 1 aliphatic rings. The maximum absolute atomic E-state index is 11.1. The van der Waals surface area contributed by atoms with E-state index in [0.29, 0.717) is 6.54 Å². The second-order valence-corrected chi connectivity index (χ2v) is 6.88. The Morgan fingerprint density at radius 3 is 2.62 bits per heavy atom. The Bertz CT molecular complexity index is 514. The normalized spacial score (nSPS) is 17.3. The van der Waals surface area contributed by atoms with Gasteiger partial charge in [0.1, 0.15) is 0 Å². The first-order chi connectivity index (χ1) is 9.94. The third-order valence-corrected chi connectivity index (χ3v) is 4.99. The second-order valence-electron chi connectivity index (χ2n) is 5.96. The SMILES string of the molecule is CN(C)C1(CNCc2ccc(Br)cc2[N+](=O)[O-])CCCC1. The van der Waals surface area contributed by atoms with Gasteiger partial charge in [-0.3, -0.25) is 10.1 Å². The van der Waals surface area contributed by atoms with Gasteiger partial charge < -0.3 is 10.2 Å². The zero-order valence-corrected chi connectivity index (χ0v) is 14.1. The summed E-state index contributed by atoms with van der Waals surface area (Å²) >= 11 is 3.28. The topological polar surface area (TPSA) is 58.4 Å². The molecule has 0 spiro atoms. The lowest BCUT2D eigenvalue weighted by molar-refractivity contribution is -0.385. The lowest BCUT2D eigenvalue weighted by atomic mass is 9.96. The van der Waals surface area contributed by atoms with Crippen LogP contribution in [0.2, 0.25) is 0 Å². The fraction of sp³-hybridized carbons (Fsp3) is 0.600. The van der Waals surface area contributed by atoms with E-state index in [0.717, 1.165) is 16.6 Å². The lowest BCUT2D eigenvalue weighted by Crippen LogP contribution is -2.49. The molecule has 1 saturated carbocycles. The Morgan fingerprint density at radius 2 is 2.05 bits per heavy atom. The summed E-state index contributed by atoms with van der Waals surface area (Å²) in [5.74, 6) is 0. The zero-order valence-electron chi connectivity index (χ0n) is 12.6. The molecule has 0 unspecified atom stereocenters. The van der Waals surface area contributed by atoms with Gasteiger partial charge in [-0.05, 0) is 39.1 Å². The zero-order chi connectivity index (χ0) is 15.5. The highest BCUT2D eigenvalue weighted by atomic mass is 79.9. The van der Waals surface area contributed by atoms with Gasteiger partial charge in [-0.1, -0.05) is 28.8 Å². The van der Waals surface area contributed by atoms with Gasteiger partial charge in [0.25, 0.3) is 5.69 Å². The van der Waals surface area contributed by atoms with Crippen LogP contribution in [0.15, 0.2) is 22.7 Å². The van der Waals surface area contributed by atoms with E-state index in [1.165, 1.54) is 25.7 Å². The number of halogens is 1. The smallest absolute Gasteiger partial charge is 0.275 e. The van der Waals surface area contributed by atoms with Gasteiger partial charge in [0.05, 0.1) is 4.92 Å². The highest BCUT2D eigenvalue weighted by molar-refractivity contribution is 9.10. The summed E-state index contributed by atoms with van der Waals surface area (Å²) in [5.41, 5.74) is 1.10. The molecule has 116 valence electrons. The second kappa shape index (κ2) is 6.85. The van der Waals surface area contributed by atoms with Crippen LogP contribution in [0.4, 0.5) is 5.69 Å². The largest absolute Gasteiger partial charge is 0.311 e. The number of nitrogens with one attached hydrogen (secondary N) is 1. The molecule has 6 heteroatoms. The number of nitrogens with zero attached hydrogens (tertiary/aromatic N) is 2. The summed E-state index contributed by atoms with van der Waals surface area (Å²) in [5, 5.41) is 14.5. The molecule has 1 aromatic rings. The van der Waals surface area contributed by atoms with Crippen LogP contribution in [0, 0.1) is 10.1 Å². The summed E-state index contributed by atoms with van der Waals surface area (Å²) in [6.07, 6.45) is 4.90. The summed E-state index contributed by atoms with van der Waals surface area (Å²) in [6.45, 7) is 1.40. The molecule has 1 aliphatic carbocycles. The molecular formula is C15H22BrN3O2. The van der Waals surface area contributed by atoms with Crippen LogP contribution in [-0.2, 0) is 6.54 Å². The van der Waals surface area contributed by atoms with E-state index < -0.39 is 0 Å². The quantitative estimate of drug-likeness (QED) is 0.628. The Labute approximate surface area is 134 Å². The fourth-order valence-electron chi connectivity index (χ4n) is 3.10. The van der Waals surface area contributed by atoms with Gasteiger partial charge in [0.2, 0.25) is 0 Å². The van der Waals surface area contributed by atoms with E-state index in [1.54, 1.807) is 6.07 Å². The molecule has 2 rings (SSSR count). The molecule has 0 radical (unpaired) electrons. The van der Waals surface area contributed by atoms with Gasteiger partial charge in [-0.25, -0.2) is 0 Å². The van der Waals surface area contributed by atoms with Crippen LogP contribution in [-0.4, -0.2) is 36.0 Å². The summed E-state index contributed by atoms with van der Waals surface area (Å²) in [4.78, 5) is 13.1. The third-order valence-electron chi connectivity index (χ3n) is 4.50. The van der Waals surface area contributed by atoms with Gasteiger partial charge >= 0.3 is 0 Å². The van der Waals surface area contributed by atoms with Gasteiger partial charge in [0.15, 0.2) is 0 Å². The molecule has 0 aromatic heterocycles. The number of hydrogen-bond donors (Lipinski definition) is 1. The third kappa shape index (κ3) is 3.81. The standard InChI is InChI=1S/C15H22BrN3O2/c1-18(2)15(7-3-4-8-15)11-17-10-12-5-6-13(16)9-14(12)19(20)21/h5-6,9,17H,3-4,7-8,10-11H2,1-2H3. The fourth-order valence-corrected chi connectivity index (χ4v) is 3.45. The Hall–Kier alpha value is -0.980. The Balaban J connectivity index is 2.02. The van der Waals surface area contributed by atoms with Crippen LogP contribution in [0.5, 0.6) is 0 Å². The van der Waals surface area contributed by atoms with Crippen LogP contribution in [0.1, 0.15) is 31.2 Å². The van der Waals surface area contributed by atoms with E-state index in [9.17, 15) is 10.1 Å². The van der Waals surface area contributed by atoms with Crippen molar-refractivity contribution in [3.05, 3.63) is 38.3 Å². The highest BCUT2D eigenvalue weighted by Gasteiger charge is 2.35. The monoisotopic (exact) mass is 355 g/mol. The molecule has 1 fully saturated rings. The minimum Gasteiger partial charge on any atom is -0.311 e. The van der Waals surface area contributed by atoms with Crippen molar-refractivity contribution >= 4 is 21.6 Å². The van der Waals surface area contributed by atoms with Gasteiger partial charge in [-0.2, -0.15) is 0 Å².